The van der Waals surface area contributed by atoms with Crippen LogP contribution in [0.5, 0.6) is 0 Å². The Balaban J connectivity index is 2.21. The first-order valence-electron chi connectivity index (χ1n) is 4.05. The van der Waals surface area contributed by atoms with Crippen molar-refractivity contribution in [3.63, 3.8) is 0 Å². The van der Waals surface area contributed by atoms with Crippen molar-refractivity contribution < 1.29 is 4.79 Å². The summed E-state index contributed by atoms with van der Waals surface area (Å²) in [5, 5.41) is 0. The summed E-state index contributed by atoms with van der Waals surface area (Å²) in [7, 11) is 1.94. The normalized spacial score (nSPS) is 38.9. The molecule has 0 aromatic heterocycles. The number of hydrogen-bond acceptors (Lipinski definition) is 1. The molecule has 2 heteroatoms. The first-order valence-corrected chi connectivity index (χ1v) is 4.05. The van der Waals surface area contributed by atoms with Crippen molar-refractivity contribution in [2.75, 3.05) is 7.05 Å². The molecular formula is C8H13NO. The van der Waals surface area contributed by atoms with Gasteiger partial charge in [0.15, 0.2) is 0 Å². The third kappa shape index (κ3) is 0.678. The number of rotatable bonds is 0. The van der Waals surface area contributed by atoms with Gasteiger partial charge in [-0.15, -0.1) is 0 Å². The average molecular weight is 139 g/mol. The Morgan fingerprint density at radius 2 is 2.30 bits per heavy atom. The summed E-state index contributed by atoms with van der Waals surface area (Å²) >= 11 is 0. The molecule has 0 N–H and O–H groups in total. The number of carbonyl (C=O) groups excluding carboxylic acids is 1. The van der Waals surface area contributed by atoms with E-state index in [-0.39, 0.29) is 0 Å². The quantitative estimate of drug-likeness (QED) is 0.490. The van der Waals surface area contributed by atoms with Gasteiger partial charge in [0.1, 0.15) is 0 Å². The Morgan fingerprint density at radius 3 is 2.90 bits per heavy atom. The molecule has 2 atom stereocenters. The van der Waals surface area contributed by atoms with Gasteiger partial charge in [0.05, 0.1) is 0 Å². The van der Waals surface area contributed by atoms with Crippen LogP contribution >= 0.6 is 0 Å². The van der Waals surface area contributed by atoms with Gasteiger partial charge in [-0.2, -0.15) is 0 Å². The standard InChI is InChI=1S/C8H13NO/c1-9-7-4-2-3-6(5-7)8(9)10/h6-7H,2-5H2,1H3/t6-,7+/m1/s1. The Labute approximate surface area is 61.2 Å². The van der Waals surface area contributed by atoms with Crippen LogP contribution in [0.25, 0.3) is 0 Å². The van der Waals surface area contributed by atoms with E-state index < -0.39 is 0 Å². The van der Waals surface area contributed by atoms with E-state index in [0.717, 1.165) is 12.8 Å². The molecule has 0 radical (unpaired) electrons. The van der Waals surface area contributed by atoms with E-state index in [4.69, 9.17) is 0 Å². The Kier molecular flexibility index (Phi) is 1.22. The van der Waals surface area contributed by atoms with Gasteiger partial charge in [-0.25, -0.2) is 0 Å². The predicted molar refractivity (Wildman–Crippen MR) is 38.5 cm³/mol. The molecule has 1 heterocycles. The summed E-state index contributed by atoms with van der Waals surface area (Å²) in [6, 6.07) is 0.589. The maximum atomic E-state index is 11.3. The van der Waals surface area contributed by atoms with Crippen LogP contribution in [0.3, 0.4) is 0 Å². The van der Waals surface area contributed by atoms with Crippen molar-refractivity contribution in [1.29, 1.82) is 0 Å². The minimum atomic E-state index is 0.391. The van der Waals surface area contributed by atoms with Crippen molar-refractivity contribution >= 4 is 5.91 Å². The average Bonchev–Trinajstić information content (AvgIpc) is 2.17. The lowest BCUT2D eigenvalue weighted by Crippen LogP contribution is -2.27. The topological polar surface area (TPSA) is 20.3 Å². The van der Waals surface area contributed by atoms with E-state index in [9.17, 15) is 4.79 Å². The molecule has 2 fully saturated rings. The summed E-state index contributed by atoms with van der Waals surface area (Å²) in [6.45, 7) is 0. The SMILES string of the molecule is CN1C(=O)[C@@H]2CCC[C@H]1C2. The predicted octanol–water partition coefficient (Wildman–Crippen LogP) is 1.02. The molecule has 2 rings (SSSR count). The lowest BCUT2D eigenvalue weighted by Gasteiger charge is -2.19. The van der Waals surface area contributed by atoms with Crippen LogP contribution in [0.2, 0.25) is 0 Å². The highest BCUT2D eigenvalue weighted by atomic mass is 16.2. The Hall–Kier alpha value is -0.530. The van der Waals surface area contributed by atoms with Crippen LogP contribution in [0, 0.1) is 5.92 Å². The highest BCUT2D eigenvalue weighted by Gasteiger charge is 2.39. The summed E-state index contributed by atoms with van der Waals surface area (Å²) in [6.07, 6.45) is 4.76. The third-order valence-corrected chi connectivity index (χ3v) is 2.89. The van der Waals surface area contributed by atoms with Crippen molar-refractivity contribution in [2.45, 2.75) is 31.7 Å². The number of hydrogen-bond donors (Lipinski definition) is 0. The first-order chi connectivity index (χ1) is 4.79. The largest absolute Gasteiger partial charge is 0.343 e. The molecule has 0 unspecified atom stereocenters. The molecule has 1 amide bonds. The summed E-state index contributed by atoms with van der Waals surface area (Å²) in [5.74, 6) is 0.784. The molecule has 0 aromatic rings. The lowest BCUT2D eigenvalue weighted by atomic mass is 9.90. The Bertz CT molecular complexity index is 163. The van der Waals surface area contributed by atoms with Gasteiger partial charge in [0.2, 0.25) is 5.91 Å². The van der Waals surface area contributed by atoms with Crippen LogP contribution in [0.1, 0.15) is 25.7 Å². The Morgan fingerprint density at radius 1 is 1.50 bits per heavy atom. The molecule has 2 nitrogen and oxygen atoms in total. The zero-order valence-corrected chi connectivity index (χ0v) is 6.34. The van der Waals surface area contributed by atoms with E-state index in [1.165, 1.54) is 12.8 Å². The van der Waals surface area contributed by atoms with Gasteiger partial charge in [-0.05, 0) is 19.3 Å². The second-order valence-corrected chi connectivity index (χ2v) is 3.47. The van der Waals surface area contributed by atoms with Crippen LogP contribution in [0.15, 0.2) is 0 Å². The van der Waals surface area contributed by atoms with Crippen LogP contribution in [-0.2, 0) is 4.79 Å². The molecule has 1 aliphatic heterocycles. The second-order valence-electron chi connectivity index (χ2n) is 3.47. The fourth-order valence-corrected chi connectivity index (χ4v) is 2.21. The highest BCUT2D eigenvalue weighted by Crippen LogP contribution is 2.34. The molecule has 1 saturated carbocycles. The fraction of sp³-hybridized carbons (Fsp3) is 0.875. The molecule has 2 aliphatic rings. The monoisotopic (exact) mass is 139 g/mol. The van der Waals surface area contributed by atoms with Crippen molar-refractivity contribution in [3.8, 4) is 0 Å². The van der Waals surface area contributed by atoms with Gasteiger partial charge < -0.3 is 4.90 Å². The number of amides is 1. The fourth-order valence-electron chi connectivity index (χ4n) is 2.21. The van der Waals surface area contributed by atoms with Gasteiger partial charge in [0, 0.05) is 19.0 Å². The molecule has 0 aromatic carbocycles. The summed E-state index contributed by atoms with van der Waals surface area (Å²) in [5.41, 5.74) is 0. The van der Waals surface area contributed by atoms with Crippen LogP contribution in [0.4, 0.5) is 0 Å². The maximum Gasteiger partial charge on any atom is 0.225 e. The molecule has 0 spiro atoms. The van der Waals surface area contributed by atoms with Crippen molar-refractivity contribution in [2.24, 2.45) is 5.92 Å². The second kappa shape index (κ2) is 1.97. The van der Waals surface area contributed by atoms with Crippen LogP contribution in [-0.4, -0.2) is 23.9 Å². The minimum Gasteiger partial charge on any atom is -0.343 e. The third-order valence-electron chi connectivity index (χ3n) is 2.89. The first kappa shape index (κ1) is 6.20. The van der Waals surface area contributed by atoms with E-state index in [1.54, 1.807) is 0 Å². The van der Waals surface area contributed by atoms with Gasteiger partial charge in [0.25, 0.3) is 0 Å². The molecule has 10 heavy (non-hydrogen) atoms. The number of likely N-dealkylation sites (tertiary alicyclic amines) is 1. The van der Waals surface area contributed by atoms with E-state index in [0.29, 0.717) is 17.9 Å². The molecule has 1 aliphatic carbocycles. The zero-order valence-electron chi connectivity index (χ0n) is 6.34. The van der Waals surface area contributed by atoms with E-state index in [1.807, 2.05) is 11.9 Å². The highest BCUT2D eigenvalue weighted by molar-refractivity contribution is 5.81. The van der Waals surface area contributed by atoms with Gasteiger partial charge in [-0.1, -0.05) is 6.42 Å². The van der Waals surface area contributed by atoms with Gasteiger partial charge in [-0.3, -0.25) is 4.79 Å². The molecule has 2 bridgehead atoms. The van der Waals surface area contributed by atoms with Crippen LogP contribution < -0.4 is 0 Å². The minimum absolute atomic E-state index is 0.391. The molecule has 56 valence electrons. The number of nitrogens with zero attached hydrogens (tertiary/aromatic N) is 1. The molecular weight excluding hydrogens is 126 g/mol. The van der Waals surface area contributed by atoms with E-state index in [2.05, 4.69) is 0 Å². The zero-order chi connectivity index (χ0) is 7.14. The summed E-state index contributed by atoms with van der Waals surface area (Å²) in [4.78, 5) is 13.3. The lowest BCUT2D eigenvalue weighted by molar-refractivity contribution is -0.130. The van der Waals surface area contributed by atoms with Crippen molar-refractivity contribution in [3.05, 3.63) is 0 Å². The summed E-state index contributed by atoms with van der Waals surface area (Å²) < 4.78 is 0. The molecule has 1 saturated heterocycles. The van der Waals surface area contributed by atoms with Crippen molar-refractivity contribution in [1.82, 2.24) is 4.90 Å². The van der Waals surface area contributed by atoms with E-state index >= 15 is 0 Å². The maximum absolute atomic E-state index is 11.3. The smallest absolute Gasteiger partial charge is 0.225 e. The number of carbonyl (C=O) groups is 1. The van der Waals surface area contributed by atoms with Gasteiger partial charge >= 0.3 is 0 Å². The number of fused-ring (bicyclic) bond motifs is 2.